The van der Waals surface area contributed by atoms with Crippen LogP contribution in [-0.2, 0) is 6.61 Å². The highest BCUT2D eigenvalue weighted by Gasteiger charge is 2.20. The molecule has 2 heterocycles. The Morgan fingerprint density at radius 3 is 2.54 bits per heavy atom. The molecule has 1 aliphatic heterocycles. The van der Waals surface area contributed by atoms with Crippen LogP contribution in [0.25, 0.3) is 21.9 Å². The van der Waals surface area contributed by atoms with Crippen molar-refractivity contribution in [1.29, 1.82) is 0 Å². The molecule has 0 amide bonds. The van der Waals surface area contributed by atoms with E-state index in [1.165, 1.54) is 0 Å². The van der Waals surface area contributed by atoms with Gasteiger partial charge in [0.15, 0.2) is 11.5 Å². The first-order valence-corrected chi connectivity index (χ1v) is 8.78. The number of rotatable bonds is 4. The molecule has 1 aliphatic rings. The summed E-state index contributed by atoms with van der Waals surface area (Å²) in [6.45, 7) is 0.445. The molecule has 28 heavy (non-hydrogen) atoms. The van der Waals surface area contributed by atoms with E-state index in [0.717, 1.165) is 5.56 Å². The monoisotopic (exact) mass is 376 g/mol. The maximum atomic E-state index is 13.2. The van der Waals surface area contributed by atoms with E-state index in [4.69, 9.17) is 23.4 Å². The van der Waals surface area contributed by atoms with Crippen LogP contribution in [0.4, 0.5) is 0 Å². The van der Waals surface area contributed by atoms with E-state index in [1.807, 2.05) is 30.3 Å². The van der Waals surface area contributed by atoms with Gasteiger partial charge in [-0.25, -0.2) is 0 Å². The van der Waals surface area contributed by atoms with Crippen molar-refractivity contribution in [2.24, 2.45) is 0 Å². The van der Waals surface area contributed by atoms with Gasteiger partial charge in [-0.3, -0.25) is 4.79 Å². The van der Waals surface area contributed by atoms with Crippen LogP contribution in [0.15, 0.2) is 63.8 Å². The highest BCUT2D eigenvalue weighted by atomic mass is 16.7. The van der Waals surface area contributed by atoms with Gasteiger partial charge in [0.25, 0.3) is 0 Å². The summed E-state index contributed by atoms with van der Waals surface area (Å²) in [5.74, 6) is 2.03. The molecule has 3 aromatic carbocycles. The molecule has 1 aromatic heterocycles. The Labute approximate surface area is 159 Å². The number of hydrogen-bond acceptors (Lipinski definition) is 6. The van der Waals surface area contributed by atoms with Crippen molar-refractivity contribution >= 4 is 21.9 Å². The van der Waals surface area contributed by atoms with Gasteiger partial charge in [-0.05, 0) is 11.6 Å². The van der Waals surface area contributed by atoms with E-state index >= 15 is 0 Å². The van der Waals surface area contributed by atoms with Gasteiger partial charge in [-0.15, -0.1) is 0 Å². The molecule has 0 N–H and O–H groups in total. The quantitative estimate of drug-likeness (QED) is 0.496. The normalized spacial score (nSPS) is 12.5. The number of fused-ring (bicyclic) bond motifs is 3. The third-order valence-corrected chi connectivity index (χ3v) is 4.68. The van der Waals surface area contributed by atoms with E-state index in [-0.39, 0.29) is 12.2 Å². The maximum absolute atomic E-state index is 13.2. The summed E-state index contributed by atoms with van der Waals surface area (Å²) < 4.78 is 28.1. The van der Waals surface area contributed by atoms with Crippen LogP contribution >= 0.6 is 0 Å². The molecule has 0 saturated carbocycles. The van der Waals surface area contributed by atoms with Gasteiger partial charge in [0, 0.05) is 18.2 Å². The second kappa shape index (κ2) is 6.49. The van der Waals surface area contributed by atoms with E-state index < -0.39 is 0 Å². The smallest absolute Gasteiger partial charge is 0.231 e. The molecule has 6 heteroatoms. The Morgan fingerprint density at radius 1 is 0.964 bits per heavy atom. The molecule has 0 aliphatic carbocycles. The second-order valence-electron chi connectivity index (χ2n) is 6.41. The first-order valence-electron chi connectivity index (χ1n) is 8.78. The third kappa shape index (κ3) is 2.70. The fourth-order valence-corrected chi connectivity index (χ4v) is 3.28. The molecule has 5 rings (SSSR count). The zero-order valence-electron chi connectivity index (χ0n) is 15.1. The predicted octanol–water partition coefficient (Wildman–Crippen LogP) is 4.26. The van der Waals surface area contributed by atoms with Crippen molar-refractivity contribution in [2.45, 2.75) is 6.61 Å². The lowest BCUT2D eigenvalue weighted by atomic mass is 10.1. The first-order chi connectivity index (χ1) is 13.7. The molecule has 0 spiro atoms. The van der Waals surface area contributed by atoms with Crippen LogP contribution in [0.1, 0.15) is 5.56 Å². The van der Waals surface area contributed by atoms with Crippen molar-refractivity contribution in [3.63, 3.8) is 0 Å². The van der Waals surface area contributed by atoms with E-state index in [1.54, 1.807) is 31.4 Å². The Balaban J connectivity index is 1.69. The van der Waals surface area contributed by atoms with Crippen molar-refractivity contribution in [3.05, 3.63) is 70.4 Å². The topological polar surface area (TPSA) is 67.1 Å². The van der Waals surface area contributed by atoms with Crippen molar-refractivity contribution in [1.82, 2.24) is 0 Å². The van der Waals surface area contributed by atoms with Gasteiger partial charge in [0.05, 0.1) is 12.5 Å². The molecule has 140 valence electrons. The molecule has 0 radical (unpaired) electrons. The molecular formula is C22H16O6. The highest BCUT2D eigenvalue weighted by Crippen LogP contribution is 2.38. The zero-order chi connectivity index (χ0) is 19.1. The number of hydrogen-bond donors (Lipinski definition) is 0. The first kappa shape index (κ1) is 16.5. The van der Waals surface area contributed by atoms with Crippen LogP contribution in [0, 0.1) is 0 Å². The van der Waals surface area contributed by atoms with Crippen LogP contribution in [0.2, 0.25) is 0 Å². The summed E-state index contributed by atoms with van der Waals surface area (Å²) in [4.78, 5) is 13.2. The van der Waals surface area contributed by atoms with Crippen LogP contribution in [-0.4, -0.2) is 13.9 Å². The minimum Gasteiger partial charge on any atom is -0.496 e. The largest absolute Gasteiger partial charge is 0.496 e. The molecular weight excluding hydrogens is 360 g/mol. The number of methoxy groups -OCH3 is 1. The zero-order valence-corrected chi connectivity index (χ0v) is 15.1. The van der Waals surface area contributed by atoms with Gasteiger partial charge in [-0.2, -0.15) is 0 Å². The lowest BCUT2D eigenvalue weighted by molar-refractivity contribution is 0.174. The summed E-state index contributed by atoms with van der Waals surface area (Å²) in [6.07, 6.45) is 0. The molecule has 6 nitrogen and oxygen atoms in total. The average Bonchev–Trinajstić information content (AvgIpc) is 3.18. The third-order valence-electron chi connectivity index (χ3n) is 4.68. The average molecular weight is 376 g/mol. The van der Waals surface area contributed by atoms with Gasteiger partial charge in [0.1, 0.15) is 34.7 Å². The Morgan fingerprint density at radius 2 is 1.75 bits per heavy atom. The standard InChI is InChI=1S/C22H16O6/c1-24-14-7-19(25-11-13-5-3-2-4-6-13)21-20(8-14)28-16-10-18-17(26-12-27-18)9-15(16)22(21)23/h2-10H,11-12H2,1H3. The predicted molar refractivity (Wildman–Crippen MR) is 103 cm³/mol. The Kier molecular flexibility index (Phi) is 3.83. The summed E-state index contributed by atoms with van der Waals surface area (Å²) in [7, 11) is 1.55. The molecule has 0 atom stereocenters. The summed E-state index contributed by atoms with van der Waals surface area (Å²) >= 11 is 0. The molecule has 0 fully saturated rings. The molecule has 4 aromatic rings. The van der Waals surface area contributed by atoms with Crippen molar-refractivity contribution in [2.75, 3.05) is 13.9 Å². The Bertz CT molecular complexity index is 1240. The minimum atomic E-state index is -0.194. The molecule has 0 saturated heterocycles. The SMILES string of the molecule is COc1cc(OCc2ccccc2)c2c(=O)c3cc4c(cc3oc2c1)OCO4. The van der Waals surface area contributed by atoms with Crippen LogP contribution in [0.3, 0.4) is 0 Å². The fraction of sp³-hybridized carbons (Fsp3) is 0.136. The fourth-order valence-electron chi connectivity index (χ4n) is 3.28. The lowest BCUT2D eigenvalue weighted by Gasteiger charge is -2.12. The minimum absolute atomic E-state index is 0.124. The summed E-state index contributed by atoms with van der Waals surface area (Å²) in [5.41, 5.74) is 1.61. The molecule has 0 bridgehead atoms. The number of benzene rings is 3. The Hall–Kier alpha value is -3.67. The van der Waals surface area contributed by atoms with Crippen LogP contribution < -0.4 is 24.4 Å². The van der Waals surface area contributed by atoms with E-state index in [0.29, 0.717) is 51.5 Å². The molecule has 0 unspecified atom stereocenters. The van der Waals surface area contributed by atoms with Crippen molar-refractivity contribution < 1.29 is 23.4 Å². The maximum Gasteiger partial charge on any atom is 0.231 e. The summed E-state index contributed by atoms with van der Waals surface area (Å²) in [6, 6.07) is 16.4. The van der Waals surface area contributed by atoms with Crippen molar-refractivity contribution in [3.8, 4) is 23.0 Å². The van der Waals surface area contributed by atoms with Gasteiger partial charge in [-0.1, -0.05) is 30.3 Å². The summed E-state index contributed by atoms with van der Waals surface area (Å²) in [5, 5.41) is 0.773. The van der Waals surface area contributed by atoms with Gasteiger partial charge < -0.3 is 23.4 Å². The number of ether oxygens (including phenoxy) is 4. The van der Waals surface area contributed by atoms with E-state index in [2.05, 4.69) is 0 Å². The highest BCUT2D eigenvalue weighted by molar-refractivity contribution is 5.95. The lowest BCUT2D eigenvalue weighted by Crippen LogP contribution is -2.06. The second-order valence-corrected chi connectivity index (χ2v) is 6.41. The van der Waals surface area contributed by atoms with Crippen LogP contribution in [0.5, 0.6) is 23.0 Å². The van der Waals surface area contributed by atoms with Gasteiger partial charge in [0.2, 0.25) is 12.2 Å². The van der Waals surface area contributed by atoms with E-state index in [9.17, 15) is 4.79 Å². The van der Waals surface area contributed by atoms with Gasteiger partial charge >= 0.3 is 0 Å².